The summed E-state index contributed by atoms with van der Waals surface area (Å²) in [5.41, 5.74) is 3.73. The van der Waals surface area contributed by atoms with Crippen molar-refractivity contribution in [2.45, 2.75) is 11.4 Å². The molecule has 0 aliphatic rings. The van der Waals surface area contributed by atoms with E-state index < -0.39 is 10.0 Å². The lowest BCUT2D eigenvalue weighted by atomic mass is 10.1. The van der Waals surface area contributed by atoms with Crippen LogP contribution in [-0.2, 0) is 16.6 Å². The van der Waals surface area contributed by atoms with Crippen molar-refractivity contribution in [1.29, 1.82) is 0 Å². The molecule has 0 radical (unpaired) electrons. The number of benzene rings is 3. The summed E-state index contributed by atoms with van der Waals surface area (Å²) in [5, 5.41) is 0.690. The maximum Gasteiger partial charge on any atom is 0.261 e. The molecule has 2 aromatic heterocycles. The normalized spacial score (nSPS) is 11.5. The van der Waals surface area contributed by atoms with E-state index in [9.17, 15) is 8.42 Å². The van der Waals surface area contributed by atoms with Crippen LogP contribution in [0.4, 0.5) is 11.5 Å². The van der Waals surface area contributed by atoms with E-state index in [1.807, 2.05) is 59.1 Å². The molecule has 0 aliphatic heterocycles. The topological polar surface area (TPSA) is 79.6 Å². The fourth-order valence-electron chi connectivity index (χ4n) is 3.80. The number of nitrogens with one attached hydrogen (secondary N) is 1. The van der Waals surface area contributed by atoms with Crippen LogP contribution in [0.3, 0.4) is 0 Å². The zero-order valence-electron chi connectivity index (χ0n) is 18.8. The molecule has 2 heterocycles. The molecule has 5 aromatic rings. The molecule has 0 amide bonds. The predicted octanol–water partition coefficient (Wildman–Crippen LogP) is 5.49. The first-order valence-corrected chi connectivity index (χ1v) is 12.7. The summed E-state index contributed by atoms with van der Waals surface area (Å²) in [6, 6.07) is 23.1. The second-order valence-electron chi connectivity index (χ2n) is 8.09. The number of sulfonamides is 1. The number of aromatic nitrogens is 3. The summed E-state index contributed by atoms with van der Waals surface area (Å²) >= 11 is 6.02. The summed E-state index contributed by atoms with van der Waals surface area (Å²) in [6.45, 7) is 0.618. The molecule has 0 bridgehead atoms. The van der Waals surface area contributed by atoms with Crippen molar-refractivity contribution < 1.29 is 8.42 Å². The van der Waals surface area contributed by atoms with E-state index in [4.69, 9.17) is 16.6 Å². The number of anilines is 2. The second-order valence-corrected chi connectivity index (χ2v) is 10.2. The summed E-state index contributed by atoms with van der Waals surface area (Å²) in [6.07, 6.45) is 5.47. The second kappa shape index (κ2) is 9.40. The summed E-state index contributed by atoms with van der Waals surface area (Å²) < 4.78 is 30.1. The van der Waals surface area contributed by atoms with Crippen LogP contribution in [0.2, 0.25) is 5.02 Å². The van der Waals surface area contributed by atoms with Crippen LogP contribution in [0.15, 0.2) is 102 Å². The third-order valence-electron chi connectivity index (χ3n) is 5.52. The van der Waals surface area contributed by atoms with Gasteiger partial charge in [0.15, 0.2) is 11.5 Å². The molecular formula is C26H22ClN5O2S. The van der Waals surface area contributed by atoms with Crippen LogP contribution in [0.5, 0.6) is 0 Å². The monoisotopic (exact) mass is 503 g/mol. The van der Waals surface area contributed by atoms with Gasteiger partial charge < -0.3 is 9.30 Å². The van der Waals surface area contributed by atoms with E-state index in [0.717, 1.165) is 16.8 Å². The Morgan fingerprint density at radius 3 is 2.54 bits per heavy atom. The number of fused-ring (bicyclic) bond motifs is 1. The van der Waals surface area contributed by atoms with Crippen LogP contribution in [0.1, 0.15) is 5.56 Å². The summed E-state index contributed by atoms with van der Waals surface area (Å²) in [5.74, 6) is 0.706. The fraction of sp³-hybridized carbons (Fsp3) is 0.0769. The highest BCUT2D eigenvalue weighted by molar-refractivity contribution is 7.92. The smallest absolute Gasteiger partial charge is 0.261 e. The van der Waals surface area contributed by atoms with Gasteiger partial charge in [-0.15, -0.1) is 0 Å². The first-order chi connectivity index (χ1) is 16.9. The Labute approximate surface area is 208 Å². The average Bonchev–Trinajstić information content (AvgIpc) is 3.34. The maximum absolute atomic E-state index is 12.8. The van der Waals surface area contributed by atoms with Crippen molar-refractivity contribution in [2.24, 2.45) is 0 Å². The van der Waals surface area contributed by atoms with Gasteiger partial charge in [0.1, 0.15) is 0 Å². The van der Waals surface area contributed by atoms with Gasteiger partial charge in [-0.1, -0.05) is 54.1 Å². The van der Waals surface area contributed by atoms with Gasteiger partial charge in [-0.2, -0.15) is 0 Å². The van der Waals surface area contributed by atoms with Crippen LogP contribution in [-0.4, -0.2) is 29.8 Å². The van der Waals surface area contributed by atoms with Gasteiger partial charge in [-0.3, -0.25) is 4.72 Å². The van der Waals surface area contributed by atoms with E-state index in [2.05, 4.69) is 9.71 Å². The molecular weight excluding hydrogens is 482 g/mol. The van der Waals surface area contributed by atoms with E-state index in [0.29, 0.717) is 28.8 Å². The molecule has 0 fully saturated rings. The SMILES string of the molecule is CN(Cc1ccc(Cl)cc1)c1nc(-c2cccc(NS(=O)(=O)c3ccccc3)c2)cn2ccnc12. The van der Waals surface area contributed by atoms with Gasteiger partial charge in [0.05, 0.1) is 10.6 Å². The Bertz CT molecular complexity index is 1590. The minimum absolute atomic E-state index is 0.203. The molecule has 0 saturated carbocycles. The van der Waals surface area contributed by atoms with Crippen LogP contribution in [0.25, 0.3) is 16.9 Å². The first kappa shape index (κ1) is 22.9. The minimum atomic E-state index is -3.70. The molecule has 35 heavy (non-hydrogen) atoms. The number of halogens is 1. The Kier molecular flexibility index (Phi) is 6.15. The highest BCUT2D eigenvalue weighted by atomic mass is 35.5. The minimum Gasteiger partial charge on any atom is -0.352 e. The lowest BCUT2D eigenvalue weighted by Crippen LogP contribution is -2.19. The Hall–Kier alpha value is -3.88. The lowest BCUT2D eigenvalue weighted by molar-refractivity contribution is 0.601. The Balaban J connectivity index is 1.48. The van der Waals surface area contributed by atoms with Crippen molar-refractivity contribution >= 4 is 38.8 Å². The number of hydrogen-bond acceptors (Lipinski definition) is 5. The molecule has 0 saturated heterocycles. The molecule has 176 valence electrons. The molecule has 0 unspecified atom stereocenters. The Morgan fingerprint density at radius 2 is 1.77 bits per heavy atom. The Morgan fingerprint density at radius 1 is 1.00 bits per heavy atom. The van der Waals surface area contributed by atoms with E-state index in [1.165, 1.54) is 0 Å². The average molecular weight is 504 g/mol. The lowest BCUT2D eigenvalue weighted by Gasteiger charge is -2.20. The van der Waals surface area contributed by atoms with Crippen molar-refractivity contribution in [3.05, 3.63) is 108 Å². The van der Waals surface area contributed by atoms with Gasteiger partial charge in [0, 0.05) is 48.5 Å². The van der Waals surface area contributed by atoms with Crippen LogP contribution in [0, 0.1) is 0 Å². The maximum atomic E-state index is 12.8. The first-order valence-electron chi connectivity index (χ1n) is 10.9. The number of rotatable bonds is 7. The number of imidazole rings is 1. The molecule has 0 aliphatic carbocycles. The molecule has 1 N–H and O–H groups in total. The van der Waals surface area contributed by atoms with Crippen molar-refractivity contribution in [3.63, 3.8) is 0 Å². The van der Waals surface area contributed by atoms with E-state index in [1.54, 1.807) is 54.7 Å². The molecule has 0 atom stereocenters. The molecule has 5 rings (SSSR count). The van der Waals surface area contributed by atoms with E-state index >= 15 is 0 Å². The molecule has 0 spiro atoms. The predicted molar refractivity (Wildman–Crippen MR) is 139 cm³/mol. The van der Waals surface area contributed by atoms with Crippen LogP contribution < -0.4 is 9.62 Å². The van der Waals surface area contributed by atoms with Gasteiger partial charge in [-0.05, 0) is 42.0 Å². The zero-order valence-corrected chi connectivity index (χ0v) is 20.4. The van der Waals surface area contributed by atoms with Gasteiger partial charge in [0.2, 0.25) is 0 Å². The third kappa shape index (κ3) is 4.99. The molecule has 9 heteroatoms. The number of nitrogens with zero attached hydrogens (tertiary/aromatic N) is 4. The zero-order chi connectivity index (χ0) is 24.4. The largest absolute Gasteiger partial charge is 0.352 e. The highest BCUT2D eigenvalue weighted by Gasteiger charge is 2.16. The standard InChI is InChI=1S/C26H22ClN5O2S/c1-31(17-19-10-12-21(27)13-11-19)26-25-28-14-15-32(25)18-24(29-26)20-6-5-7-22(16-20)30-35(33,34)23-8-3-2-4-9-23/h2-16,18,30H,17H2,1H3. The summed E-state index contributed by atoms with van der Waals surface area (Å²) in [4.78, 5) is 11.6. The fourth-order valence-corrected chi connectivity index (χ4v) is 5.00. The van der Waals surface area contributed by atoms with E-state index in [-0.39, 0.29) is 4.90 Å². The van der Waals surface area contributed by atoms with Gasteiger partial charge in [0.25, 0.3) is 10.0 Å². The van der Waals surface area contributed by atoms with Gasteiger partial charge in [-0.25, -0.2) is 18.4 Å². The van der Waals surface area contributed by atoms with Crippen LogP contribution >= 0.6 is 11.6 Å². The van der Waals surface area contributed by atoms with Crippen molar-refractivity contribution in [3.8, 4) is 11.3 Å². The quantitative estimate of drug-likeness (QED) is 0.318. The molecule has 7 nitrogen and oxygen atoms in total. The molecule has 3 aromatic carbocycles. The van der Waals surface area contributed by atoms with Crippen molar-refractivity contribution in [2.75, 3.05) is 16.7 Å². The number of hydrogen-bond donors (Lipinski definition) is 1. The highest BCUT2D eigenvalue weighted by Crippen LogP contribution is 2.27. The van der Waals surface area contributed by atoms with Gasteiger partial charge >= 0.3 is 0 Å². The third-order valence-corrected chi connectivity index (χ3v) is 7.16. The van der Waals surface area contributed by atoms with Crippen molar-refractivity contribution in [1.82, 2.24) is 14.4 Å². The summed E-state index contributed by atoms with van der Waals surface area (Å²) in [7, 11) is -1.74.